The van der Waals surface area contributed by atoms with Crippen molar-refractivity contribution in [2.45, 2.75) is 38.8 Å². The van der Waals surface area contributed by atoms with Crippen molar-refractivity contribution in [1.82, 2.24) is 0 Å². The normalized spacial score (nSPS) is 13.4. The highest BCUT2D eigenvalue weighted by Crippen LogP contribution is 2.23. The predicted octanol–water partition coefficient (Wildman–Crippen LogP) is 3.03. The number of hydrogen-bond donors (Lipinski definition) is 1. The standard InChI is InChI=1S/C14H22ClNO2/c1-14(2,3)18-9-12(16)8-10-7-11(15)5-6-13(10)17-4/h5-7,12H,8-9,16H2,1-4H3. The van der Waals surface area contributed by atoms with Crippen LogP contribution in [-0.4, -0.2) is 25.4 Å². The first-order valence-corrected chi connectivity index (χ1v) is 6.41. The van der Waals surface area contributed by atoms with E-state index in [9.17, 15) is 0 Å². The summed E-state index contributed by atoms with van der Waals surface area (Å²) in [4.78, 5) is 0. The third kappa shape index (κ3) is 5.25. The van der Waals surface area contributed by atoms with E-state index in [1.807, 2.05) is 32.9 Å². The molecule has 1 unspecified atom stereocenters. The first-order valence-electron chi connectivity index (χ1n) is 6.04. The second-order valence-corrected chi connectivity index (χ2v) is 5.78. The van der Waals surface area contributed by atoms with E-state index in [0.717, 1.165) is 11.3 Å². The van der Waals surface area contributed by atoms with Gasteiger partial charge in [-0.15, -0.1) is 0 Å². The summed E-state index contributed by atoms with van der Waals surface area (Å²) in [5, 5.41) is 0.690. The summed E-state index contributed by atoms with van der Waals surface area (Å²) < 4.78 is 11.0. The zero-order chi connectivity index (χ0) is 13.8. The Kier molecular flexibility index (Phi) is 5.45. The third-order valence-corrected chi connectivity index (χ3v) is 2.69. The monoisotopic (exact) mass is 271 g/mol. The lowest BCUT2D eigenvalue weighted by Crippen LogP contribution is -2.33. The Bertz CT molecular complexity index is 388. The molecule has 0 aliphatic heterocycles. The van der Waals surface area contributed by atoms with Gasteiger partial charge in [-0.1, -0.05) is 11.6 Å². The van der Waals surface area contributed by atoms with E-state index in [1.54, 1.807) is 13.2 Å². The smallest absolute Gasteiger partial charge is 0.122 e. The summed E-state index contributed by atoms with van der Waals surface area (Å²) in [6, 6.07) is 5.48. The van der Waals surface area contributed by atoms with Crippen molar-refractivity contribution >= 4 is 11.6 Å². The van der Waals surface area contributed by atoms with Gasteiger partial charge < -0.3 is 15.2 Å². The highest BCUT2D eigenvalue weighted by atomic mass is 35.5. The molecule has 0 saturated carbocycles. The van der Waals surface area contributed by atoms with Crippen LogP contribution in [0.4, 0.5) is 0 Å². The van der Waals surface area contributed by atoms with Crippen molar-refractivity contribution < 1.29 is 9.47 Å². The van der Waals surface area contributed by atoms with Gasteiger partial charge in [-0.3, -0.25) is 0 Å². The Balaban J connectivity index is 2.63. The molecule has 1 atom stereocenters. The van der Waals surface area contributed by atoms with E-state index < -0.39 is 0 Å². The van der Waals surface area contributed by atoms with Gasteiger partial charge in [0.15, 0.2) is 0 Å². The molecule has 1 rings (SSSR count). The Morgan fingerprint density at radius 1 is 1.33 bits per heavy atom. The van der Waals surface area contributed by atoms with E-state index in [1.165, 1.54) is 0 Å². The third-order valence-electron chi connectivity index (χ3n) is 2.45. The fourth-order valence-electron chi connectivity index (χ4n) is 1.61. The molecule has 1 aromatic rings. The van der Waals surface area contributed by atoms with Crippen LogP contribution in [0.25, 0.3) is 0 Å². The van der Waals surface area contributed by atoms with Crippen LogP contribution in [0.3, 0.4) is 0 Å². The Morgan fingerprint density at radius 3 is 2.56 bits per heavy atom. The molecule has 2 N–H and O–H groups in total. The van der Waals surface area contributed by atoms with Crippen LogP contribution in [-0.2, 0) is 11.2 Å². The van der Waals surface area contributed by atoms with Crippen LogP contribution in [0.2, 0.25) is 5.02 Å². The highest BCUT2D eigenvalue weighted by Gasteiger charge is 2.14. The lowest BCUT2D eigenvalue weighted by molar-refractivity contribution is -0.00987. The number of hydrogen-bond acceptors (Lipinski definition) is 3. The van der Waals surface area contributed by atoms with Crippen LogP contribution < -0.4 is 10.5 Å². The second kappa shape index (κ2) is 6.41. The van der Waals surface area contributed by atoms with Gasteiger partial charge in [0.2, 0.25) is 0 Å². The molecule has 0 bridgehead atoms. The SMILES string of the molecule is COc1ccc(Cl)cc1CC(N)COC(C)(C)C. The maximum Gasteiger partial charge on any atom is 0.122 e. The molecule has 18 heavy (non-hydrogen) atoms. The van der Waals surface area contributed by atoms with Crippen molar-refractivity contribution in [2.24, 2.45) is 5.73 Å². The number of ether oxygens (including phenoxy) is 2. The summed E-state index contributed by atoms with van der Waals surface area (Å²) >= 11 is 5.98. The van der Waals surface area contributed by atoms with Gasteiger partial charge in [-0.25, -0.2) is 0 Å². The zero-order valence-electron chi connectivity index (χ0n) is 11.5. The summed E-state index contributed by atoms with van der Waals surface area (Å²) in [5.41, 5.74) is 6.90. The minimum atomic E-state index is -0.171. The van der Waals surface area contributed by atoms with Crippen molar-refractivity contribution in [3.63, 3.8) is 0 Å². The number of methoxy groups -OCH3 is 1. The van der Waals surface area contributed by atoms with E-state index in [-0.39, 0.29) is 11.6 Å². The Morgan fingerprint density at radius 2 is 2.00 bits per heavy atom. The molecule has 0 amide bonds. The average molecular weight is 272 g/mol. The largest absolute Gasteiger partial charge is 0.496 e. The van der Waals surface area contributed by atoms with Crippen molar-refractivity contribution in [1.29, 1.82) is 0 Å². The van der Waals surface area contributed by atoms with Gasteiger partial charge in [0, 0.05) is 11.1 Å². The second-order valence-electron chi connectivity index (χ2n) is 5.34. The average Bonchev–Trinajstić information content (AvgIpc) is 2.26. The molecule has 0 radical (unpaired) electrons. The highest BCUT2D eigenvalue weighted by molar-refractivity contribution is 6.30. The van der Waals surface area contributed by atoms with E-state index >= 15 is 0 Å². The predicted molar refractivity (Wildman–Crippen MR) is 75.4 cm³/mol. The van der Waals surface area contributed by atoms with Crippen molar-refractivity contribution in [2.75, 3.05) is 13.7 Å². The number of benzene rings is 1. The van der Waals surface area contributed by atoms with Crippen LogP contribution >= 0.6 is 11.6 Å². The molecule has 0 fully saturated rings. The fraction of sp³-hybridized carbons (Fsp3) is 0.571. The first-order chi connectivity index (χ1) is 8.31. The number of rotatable bonds is 5. The minimum Gasteiger partial charge on any atom is -0.496 e. The maximum absolute atomic E-state index is 6.06. The van der Waals surface area contributed by atoms with Crippen LogP contribution in [0, 0.1) is 0 Å². The molecule has 0 aromatic heterocycles. The molecule has 0 heterocycles. The number of nitrogens with two attached hydrogens (primary N) is 1. The molecule has 0 aliphatic carbocycles. The molecular weight excluding hydrogens is 250 g/mol. The van der Waals surface area contributed by atoms with Crippen molar-refractivity contribution in [3.05, 3.63) is 28.8 Å². The molecule has 102 valence electrons. The van der Waals surface area contributed by atoms with Gasteiger partial charge in [-0.2, -0.15) is 0 Å². The zero-order valence-corrected chi connectivity index (χ0v) is 12.3. The molecule has 3 nitrogen and oxygen atoms in total. The van der Waals surface area contributed by atoms with Crippen LogP contribution in [0.5, 0.6) is 5.75 Å². The van der Waals surface area contributed by atoms with Gasteiger partial charge in [0.05, 0.1) is 19.3 Å². The molecule has 0 aliphatic rings. The lowest BCUT2D eigenvalue weighted by Gasteiger charge is -2.23. The van der Waals surface area contributed by atoms with Gasteiger partial charge in [0.25, 0.3) is 0 Å². The van der Waals surface area contributed by atoms with E-state index in [4.69, 9.17) is 26.8 Å². The number of halogens is 1. The van der Waals surface area contributed by atoms with E-state index in [0.29, 0.717) is 18.1 Å². The van der Waals surface area contributed by atoms with Crippen LogP contribution in [0.15, 0.2) is 18.2 Å². The summed E-state index contributed by atoms with van der Waals surface area (Å²) in [6.07, 6.45) is 0.680. The summed E-state index contributed by atoms with van der Waals surface area (Å²) in [5.74, 6) is 0.811. The quantitative estimate of drug-likeness (QED) is 0.895. The van der Waals surface area contributed by atoms with Gasteiger partial charge in [-0.05, 0) is 51.0 Å². The molecule has 0 spiro atoms. The van der Waals surface area contributed by atoms with E-state index in [2.05, 4.69) is 0 Å². The minimum absolute atomic E-state index is 0.0726. The lowest BCUT2D eigenvalue weighted by atomic mass is 10.1. The Labute approximate surface area is 114 Å². The van der Waals surface area contributed by atoms with Gasteiger partial charge >= 0.3 is 0 Å². The molecule has 0 saturated heterocycles. The summed E-state index contributed by atoms with van der Waals surface area (Å²) in [6.45, 7) is 6.55. The Hall–Kier alpha value is -0.770. The molecular formula is C14H22ClNO2. The topological polar surface area (TPSA) is 44.5 Å². The fourth-order valence-corrected chi connectivity index (χ4v) is 1.80. The molecule has 4 heteroatoms. The van der Waals surface area contributed by atoms with Gasteiger partial charge in [0.1, 0.15) is 5.75 Å². The molecule has 1 aromatic carbocycles. The summed E-state index contributed by atoms with van der Waals surface area (Å²) in [7, 11) is 1.64. The maximum atomic E-state index is 6.06. The van der Waals surface area contributed by atoms with Crippen LogP contribution in [0.1, 0.15) is 26.3 Å². The first kappa shape index (κ1) is 15.3. The van der Waals surface area contributed by atoms with Crippen molar-refractivity contribution in [3.8, 4) is 5.75 Å².